The fourth-order valence-corrected chi connectivity index (χ4v) is 2.47. The Kier molecular flexibility index (Phi) is 3.14. The Morgan fingerprint density at radius 3 is 2.58 bits per heavy atom. The molecule has 1 heterocycles. The minimum atomic E-state index is -4.35. The van der Waals surface area contributed by atoms with Gasteiger partial charge in [0.25, 0.3) is 10.0 Å². The lowest BCUT2D eigenvalue weighted by Crippen LogP contribution is -2.15. The zero-order chi connectivity index (χ0) is 14.2. The largest absolute Gasteiger partial charge is 0.399 e. The summed E-state index contributed by atoms with van der Waals surface area (Å²) >= 11 is 0. The van der Waals surface area contributed by atoms with Gasteiger partial charge in [0.1, 0.15) is 4.90 Å². The van der Waals surface area contributed by atoms with Crippen LogP contribution in [-0.4, -0.2) is 13.6 Å². The predicted octanol–water partition coefficient (Wildman–Crippen LogP) is 1.64. The van der Waals surface area contributed by atoms with Crippen molar-refractivity contribution in [2.45, 2.75) is 11.8 Å². The van der Waals surface area contributed by atoms with Gasteiger partial charge in [0, 0.05) is 11.8 Å². The van der Waals surface area contributed by atoms with E-state index >= 15 is 0 Å². The zero-order valence-corrected chi connectivity index (χ0v) is 10.5. The lowest BCUT2D eigenvalue weighted by molar-refractivity contribution is 0.430. The van der Waals surface area contributed by atoms with Gasteiger partial charge in [-0.2, -0.15) is 0 Å². The first-order chi connectivity index (χ1) is 8.79. The molecular weight excluding hydrogens is 280 g/mol. The SMILES string of the molecule is Cc1cc(NS(=O)(=O)c2cc(N)cc(F)c2F)on1. The summed E-state index contributed by atoms with van der Waals surface area (Å²) < 4.78 is 56.9. The number of sulfonamides is 1. The maximum absolute atomic E-state index is 13.5. The second-order valence-corrected chi connectivity index (χ2v) is 5.40. The number of nitrogens with zero attached hydrogens (tertiary/aromatic N) is 1. The van der Waals surface area contributed by atoms with Gasteiger partial charge in [-0.05, 0) is 19.1 Å². The number of benzene rings is 1. The van der Waals surface area contributed by atoms with E-state index in [2.05, 4.69) is 9.68 Å². The fourth-order valence-electron chi connectivity index (χ4n) is 1.38. The highest BCUT2D eigenvalue weighted by atomic mass is 32.2. The van der Waals surface area contributed by atoms with Crippen LogP contribution >= 0.6 is 0 Å². The van der Waals surface area contributed by atoms with Gasteiger partial charge in [-0.25, -0.2) is 21.9 Å². The summed E-state index contributed by atoms with van der Waals surface area (Å²) in [6.07, 6.45) is 0. The highest BCUT2D eigenvalue weighted by Crippen LogP contribution is 2.23. The Morgan fingerprint density at radius 2 is 2.00 bits per heavy atom. The smallest absolute Gasteiger partial charge is 0.267 e. The van der Waals surface area contributed by atoms with E-state index in [1.54, 1.807) is 6.92 Å². The van der Waals surface area contributed by atoms with Crippen LogP contribution in [0.15, 0.2) is 27.6 Å². The van der Waals surface area contributed by atoms with Gasteiger partial charge >= 0.3 is 0 Å². The Labute approximate surface area is 107 Å². The summed E-state index contributed by atoms with van der Waals surface area (Å²) in [4.78, 5) is -0.904. The van der Waals surface area contributed by atoms with E-state index in [-0.39, 0.29) is 11.6 Å². The van der Waals surface area contributed by atoms with Crippen LogP contribution in [0.25, 0.3) is 0 Å². The minimum Gasteiger partial charge on any atom is -0.399 e. The third-order valence-electron chi connectivity index (χ3n) is 2.17. The number of halogens is 2. The van der Waals surface area contributed by atoms with Gasteiger partial charge in [0.15, 0.2) is 11.6 Å². The van der Waals surface area contributed by atoms with Crippen LogP contribution in [-0.2, 0) is 10.0 Å². The molecule has 0 aliphatic carbocycles. The molecule has 0 aliphatic rings. The lowest BCUT2D eigenvalue weighted by atomic mass is 10.3. The number of nitrogens with two attached hydrogens (primary N) is 1. The number of hydrogen-bond acceptors (Lipinski definition) is 5. The Bertz CT molecular complexity index is 728. The minimum absolute atomic E-state index is 0.209. The van der Waals surface area contributed by atoms with Crippen molar-refractivity contribution in [3.05, 3.63) is 35.5 Å². The molecule has 0 bridgehead atoms. The van der Waals surface area contributed by atoms with Crippen molar-refractivity contribution in [1.29, 1.82) is 0 Å². The molecule has 102 valence electrons. The van der Waals surface area contributed by atoms with Crippen LogP contribution < -0.4 is 10.5 Å². The van der Waals surface area contributed by atoms with Crippen molar-refractivity contribution in [3.8, 4) is 0 Å². The second-order valence-electron chi connectivity index (χ2n) is 3.75. The lowest BCUT2D eigenvalue weighted by Gasteiger charge is -2.07. The molecule has 6 nitrogen and oxygen atoms in total. The van der Waals surface area contributed by atoms with Gasteiger partial charge in [0.05, 0.1) is 5.69 Å². The second kappa shape index (κ2) is 4.50. The molecule has 0 atom stereocenters. The van der Waals surface area contributed by atoms with Crippen molar-refractivity contribution in [2.75, 3.05) is 10.5 Å². The first kappa shape index (κ1) is 13.3. The number of aryl methyl sites for hydroxylation is 1. The molecule has 0 saturated heterocycles. The van der Waals surface area contributed by atoms with Crippen molar-refractivity contribution in [3.63, 3.8) is 0 Å². The van der Waals surface area contributed by atoms with E-state index in [0.29, 0.717) is 11.8 Å². The molecule has 19 heavy (non-hydrogen) atoms. The van der Waals surface area contributed by atoms with E-state index in [1.165, 1.54) is 6.07 Å². The first-order valence-electron chi connectivity index (χ1n) is 5.00. The third-order valence-corrected chi connectivity index (χ3v) is 3.52. The highest BCUT2D eigenvalue weighted by Gasteiger charge is 2.24. The molecule has 2 aromatic rings. The maximum atomic E-state index is 13.5. The van der Waals surface area contributed by atoms with E-state index in [4.69, 9.17) is 5.73 Å². The van der Waals surface area contributed by atoms with Gasteiger partial charge in [-0.15, -0.1) is 0 Å². The van der Waals surface area contributed by atoms with Crippen LogP contribution in [0.3, 0.4) is 0 Å². The number of anilines is 2. The normalized spacial score (nSPS) is 11.5. The molecule has 0 amide bonds. The molecular formula is C10H9F2N3O3S. The average molecular weight is 289 g/mol. The van der Waals surface area contributed by atoms with Crippen molar-refractivity contribution >= 4 is 21.6 Å². The number of aromatic nitrogens is 1. The van der Waals surface area contributed by atoms with Crippen LogP contribution in [0.1, 0.15) is 5.69 Å². The molecule has 2 rings (SSSR count). The van der Waals surface area contributed by atoms with Crippen molar-refractivity contribution in [2.24, 2.45) is 0 Å². The zero-order valence-electron chi connectivity index (χ0n) is 9.65. The van der Waals surface area contributed by atoms with Crippen molar-refractivity contribution < 1.29 is 21.7 Å². The summed E-state index contributed by atoms with van der Waals surface area (Å²) in [7, 11) is -4.35. The van der Waals surface area contributed by atoms with E-state index in [1.807, 2.05) is 4.72 Å². The van der Waals surface area contributed by atoms with Gasteiger partial charge in [0.2, 0.25) is 5.88 Å². The molecule has 1 aromatic heterocycles. The van der Waals surface area contributed by atoms with Gasteiger partial charge < -0.3 is 10.3 Å². The summed E-state index contributed by atoms with van der Waals surface area (Å²) in [6, 6.07) is 2.79. The van der Waals surface area contributed by atoms with Crippen LogP contribution in [0.5, 0.6) is 0 Å². The Balaban J connectivity index is 2.45. The summed E-state index contributed by atoms with van der Waals surface area (Å²) in [6.45, 7) is 1.57. The summed E-state index contributed by atoms with van der Waals surface area (Å²) in [5.41, 5.74) is 5.50. The maximum Gasteiger partial charge on any atom is 0.267 e. The van der Waals surface area contributed by atoms with E-state index in [0.717, 1.165) is 6.07 Å². The molecule has 1 aromatic carbocycles. The van der Waals surface area contributed by atoms with Crippen LogP contribution in [0.4, 0.5) is 20.4 Å². The fraction of sp³-hybridized carbons (Fsp3) is 0.100. The predicted molar refractivity (Wildman–Crippen MR) is 62.8 cm³/mol. The topological polar surface area (TPSA) is 98.2 Å². The Hall–Kier alpha value is -2.16. The van der Waals surface area contributed by atoms with Crippen molar-refractivity contribution in [1.82, 2.24) is 5.16 Å². The standard InChI is InChI=1S/C10H9F2N3O3S/c1-5-2-9(18-14-5)15-19(16,17)8-4-6(13)3-7(11)10(8)12/h2-4,15H,13H2,1H3. The average Bonchev–Trinajstić information content (AvgIpc) is 2.68. The molecule has 0 aliphatic heterocycles. The van der Waals surface area contributed by atoms with Crippen LogP contribution in [0, 0.1) is 18.6 Å². The number of rotatable bonds is 3. The van der Waals surface area contributed by atoms with E-state index in [9.17, 15) is 17.2 Å². The molecule has 3 N–H and O–H groups in total. The van der Waals surface area contributed by atoms with Gasteiger partial charge in [-0.3, -0.25) is 0 Å². The highest BCUT2D eigenvalue weighted by molar-refractivity contribution is 7.92. The summed E-state index contributed by atoms with van der Waals surface area (Å²) in [5.74, 6) is -3.08. The number of nitrogens with one attached hydrogen (secondary N) is 1. The summed E-state index contributed by atoms with van der Waals surface area (Å²) in [5, 5.41) is 3.46. The monoisotopic (exact) mass is 289 g/mol. The first-order valence-corrected chi connectivity index (χ1v) is 6.48. The van der Waals surface area contributed by atoms with Gasteiger partial charge in [-0.1, -0.05) is 5.16 Å². The van der Waals surface area contributed by atoms with E-state index < -0.39 is 26.6 Å². The molecule has 0 spiro atoms. The number of nitrogen functional groups attached to an aromatic ring is 1. The quantitative estimate of drug-likeness (QED) is 0.837. The Morgan fingerprint density at radius 1 is 1.32 bits per heavy atom. The number of hydrogen-bond donors (Lipinski definition) is 2. The molecule has 0 saturated carbocycles. The third kappa shape index (κ3) is 2.65. The molecule has 0 unspecified atom stereocenters. The molecule has 0 radical (unpaired) electrons. The van der Waals surface area contributed by atoms with Crippen LogP contribution in [0.2, 0.25) is 0 Å². The molecule has 0 fully saturated rings. The molecule has 9 heteroatoms.